The van der Waals surface area contributed by atoms with Gasteiger partial charge in [0, 0.05) is 32.9 Å². The zero-order valence-corrected chi connectivity index (χ0v) is 32.0. The summed E-state index contributed by atoms with van der Waals surface area (Å²) in [5, 5.41) is 9.38. The van der Waals surface area contributed by atoms with Crippen LogP contribution in [0.1, 0.15) is 25.0 Å². The molecule has 1 aliphatic carbocycles. The zero-order chi connectivity index (χ0) is 38.5. The van der Waals surface area contributed by atoms with E-state index in [1.54, 1.807) is 0 Å². The van der Waals surface area contributed by atoms with Gasteiger partial charge in [-0.2, -0.15) is 0 Å². The molecule has 0 amide bonds. The number of para-hydroxylation sites is 1. The summed E-state index contributed by atoms with van der Waals surface area (Å²) in [6.07, 6.45) is 0. The van der Waals surface area contributed by atoms with Crippen LogP contribution in [-0.4, -0.2) is 15.0 Å². The molecule has 0 spiro atoms. The Balaban J connectivity index is 1.07. The standard InChI is InChI=1S/C54H35N3O/c1-54(2)45-19-8-6-16-40(45)44-31-43-36(30-46(44)54)25-23-33-22-24-35-29-38(26-27-39(35)49(33)43)52-55-51(37-15-10-14-34(28-37)32-12-4-3-5-13-32)56-53(57-52)42-18-11-21-48-50(42)41-17-7-9-20-47(41)58-48/h3-31H,1-2H3. The highest BCUT2D eigenvalue weighted by Crippen LogP contribution is 2.50. The van der Waals surface area contributed by atoms with E-state index in [-0.39, 0.29) is 5.41 Å². The molecule has 272 valence electrons. The van der Waals surface area contributed by atoms with E-state index in [0.29, 0.717) is 17.5 Å². The van der Waals surface area contributed by atoms with Gasteiger partial charge in [0.2, 0.25) is 0 Å². The minimum atomic E-state index is -0.0515. The van der Waals surface area contributed by atoms with Gasteiger partial charge >= 0.3 is 0 Å². The molecule has 4 nitrogen and oxygen atoms in total. The monoisotopic (exact) mass is 741 g/mol. The van der Waals surface area contributed by atoms with Crippen molar-refractivity contribution in [1.82, 2.24) is 15.0 Å². The van der Waals surface area contributed by atoms with Gasteiger partial charge in [-0.15, -0.1) is 0 Å². The fourth-order valence-corrected chi connectivity index (χ4v) is 9.41. The van der Waals surface area contributed by atoms with Crippen LogP contribution >= 0.6 is 0 Å². The van der Waals surface area contributed by atoms with Crippen molar-refractivity contribution in [3.05, 3.63) is 187 Å². The summed E-state index contributed by atoms with van der Waals surface area (Å²) in [5.74, 6) is 1.83. The first-order valence-corrected chi connectivity index (χ1v) is 19.8. The minimum Gasteiger partial charge on any atom is -0.456 e. The molecule has 0 saturated heterocycles. The second-order valence-electron chi connectivity index (χ2n) is 16.0. The zero-order valence-electron chi connectivity index (χ0n) is 32.0. The molecule has 0 unspecified atom stereocenters. The van der Waals surface area contributed by atoms with Gasteiger partial charge in [0.1, 0.15) is 11.2 Å². The lowest BCUT2D eigenvalue weighted by atomic mass is 9.81. The van der Waals surface area contributed by atoms with Crippen molar-refractivity contribution >= 4 is 54.3 Å². The molecular weight excluding hydrogens is 707 g/mol. The SMILES string of the molecule is CC1(C)c2ccccc2-c2cc3c(ccc4ccc5cc(-c6nc(-c7cccc(-c8ccccc8)c7)nc(-c7cccc8oc9ccccc9c78)n6)ccc5c43)cc21. The summed E-state index contributed by atoms with van der Waals surface area (Å²) < 4.78 is 6.30. The molecule has 11 aromatic rings. The van der Waals surface area contributed by atoms with Gasteiger partial charge in [0.05, 0.1) is 0 Å². The van der Waals surface area contributed by atoms with Gasteiger partial charge in [0.15, 0.2) is 17.5 Å². The van der Waals surface area contributed by atoms with Crippen molar-refractivity contribution in [2.24, 2.45) is 0 Å². The van der Waals surface area contributed by atoms with Crippen molar-refractivity contribution in [3.63, 3.8) is 0 Å². The molecule has 0 radical (unpaired) electrons. The molecule has 12 rings (SSSR count). The number of aromatic nitrogens is 3. The lowest BCUT2D eigenvalue weighted by molar-refractivity contribution is 0.661. The number of nitrogens with zero attached hydrogens (tertiary/aromatic N) is 3. The van der Waals surface area contributed by atoms with E-state index in [9.17, 15) is 0 Å². The Kier molecular flexibility index (Phi) is 6.94. The number of rotatable bonds is 4. The first-order chi connectivity index (χ1) is 28.5. The molecule has 0 N–H and O–H groups in total. The Morgan fingerprint density at radius 1 is 0.362 bits per heavy atom. The average Bonchev–Trinajstić information content (AvgIpc) is 3.77. The number of fused-ring (bicyclic) bond motifs is 11. The molecule has 0 bridgehead atoms. The maximum Gasteiger partial charge on any atom is 0.164 e. The van der Waals surface area contributed by atoms with E-state index >= 15 is 0 Å². The first kappa shape index (κ1) is 32.8. The highest BCUT2D eigenvalue weighted by Gasteiger charge is 2.35. The Morgan fingerprint density at radius 2 is 1.00 bits per heavy atom. The van der Waals surface area contributed by atoms with Crippen LogP contribution < -0.4 is 0 Å². The van der Waals surface area contributed by atoms with Crippen LogP contribution in [0.4, 0.5) is 0 Å². The largest absolute Gasteiger partial charge is 0.456 e. The predicted octanol–water partition coefficient (Wildman–Crippen LogP) is 14.2. The van der Waals surface area contributed by atoms with E-state index in [4.69, 9.17) is 19.4 Å². The van der Waals surface area contributed by atoms with Crippen LogP contribution in [0.15, 0.2) is 180 Å². The van der Waals surface area contributed by atoms with Gasteiger partial charge in [-0.3, -0.25) is 0 Å². The average molecular weight is 742 g/mol. The fourth-order valence-electron chi connectivity index (χ4n) is 9.41. The van der Waals surface area contributed by atoms with Crippen LogP contribution in [0.25, 0.3) is 111 Å². The molecule has 9 aromatic carbocycles. The third kappa shape index (κ3) is 4.91. The molecule has 4 heteroatoms. The van der Waals surface area contributed by atoms with E-state index in [1.165, 1.54) is 49.2 Å². The second-order valence-corrected chi connectivity index (χ2v) is 16.0. The number of hydrogen-bond donors (Lipinski definition) is 0. The van der Waals surface area contributed by atoms with Crippen molar-refractivity contribution in [1.29, 1.82) is 0 Å². The molecular formula is C54H35N3O. The number of furan rings is 1. The van der Waals surface area contributed by atoms with Crippen LogP contribution in [0.2, 0.25) is 0 Å². The topological polar surface area (TPSA) is 51.8 Å². The Bertz CT molecular complexity index is 3490. The normalized spacial score (nSPS) is 13.1. The summed E-state index contributed by atoms with van der Waals surface area (Å²) in [6.45, 7) is 4.69. The van der Waals surface area contributed by atoms with E-state index in [0.717, 1.165) is 55.1 Å². The smallest absolute Gasteiger partial charge is 0.164 e. The van der Waals surface area contributed by atoms with Crippen LogP contribution in [0.3, 0.4) is 0 Å². The molecule has 0 saturated carbocycles. The highest BCUT2D eigenvalue weighted by molar-refractivity contribution is 6.21. The maximum absolute atomic E-state index is 6.30. The van der Waals surface area contributed by atoms with E-state index < -0.39 is 0 Å². The lowest BCUT2D eigenvalue weighted by Crippen LogP contribution is -2.14. The lowest BCUT2D eigenvalue weighted by Gasteiger charge is -2.22. The molecule has 2 heterocycles. The number of benzene rings is 9. The van der Waals surface area contributed by atoms with Crippen LogP contribution in [-0.2, 0) is 5.41 Å². The van der Waals surface area contributed by atoms with E-state index in [1.807, 2.05) is 36.4 Å². The summed E-state index contributed by atoms with van der Waals surface area (Å²) in [6, 6.07) is 62.5. The second kappa shape index (κ2) is 12.3. The number of hydrogen-bond acceptors (Lipinski definition) is 4. The third-order valence-corrected chi connectivity index (χ3v) is 12.3. The summed E-state index contributed by atoms with van der Waals surface area (Å²) in [4.78, 5) is 15.7. The summed E-state index contributed by atoms with van der Waals surface area (Å²) in [5.41, 5.74) is 12.0. The van der Waals surface area contributed by atoms with Gasteiger partial charge in [0.25, 0.3) is 0 Å². The Morgan fingerprint density at radius 3 is 1.86 bits per heavy atom. The van der Waals surface area contributed by atoms with Crippen molar-refractivity contribution in [2.75, 3.05) is 0 Å². The van der Waals surface area contributed by atoms with Gasteiger partial charge in [-0.25, -0.2) is 15.0 Å². The third-order valence-electron chi connectivity index (χ3n) is 12.3. The van der Waals surface area contributed by atoms with Crippen LogP contribution in [0, 0.1) is 0 Å². The van der Waals surface area contributed by atoms with Crippen molar-refractivity contribution in [3.8, 4) is 56.4 Å². The van der Waals surface area contributed by atoms with Gasteiger partial charge in [-0.05, 0) is 102 Å². The molecule has 0 atom stereocenters. The summed E-state index contributed by atoms with van der Waals surface area (Å²) >= 11 is 0. The van der Waals surface area contributed by atoms with Crippen LogP contribution in [0.5, 0.6) is 0 Å². The van der Waals surface area contributed by atoms with Gasteiger partial charge in [-0.1, -0.05) is 153 Å². The highest BCUT2D eigenvalue weighted by atomic mass is 16.3. The molecule has 0 aliphatic heterocycles. The molecule has 0 fully saturated rings. The molecule has 2 aromatic heterocycles. The Labute approximate surface area is 335 Å². The first-order valence-electron chi connectivity index (χ1n) is 19.8. The Hall–Kier alpha value is -7.43. The molecule has 58 heavy (non-hydrogen) atoms. The molecule has 1 aliphatic rings. The van der Waals surface area contributed by atoms with Crippen molar-refractivity contribution in [2.45, 2.75) is 19.3 Å². The van der Waals surface area contributed by atoms with E-state index in [2.05, 4.69) is 153 Å². The summed E-state index contributed by atoms with van der Waals surface area (Å²) in [7, 11) is 0. The quantitative estimate of drug-likeness (QED) is 0.169. The maximum atomic E-state index is 6.30. The van der Waals surface area contributed by atoms with Crippen molar-refractivity contribution < 1.29 is 4.42 Å². The van der Waals surface area contributed by atoms with Gasteiger partial charge < -0.3 is 4.42 Å². The predicted molar refractivity (Wildman–Crippen MR) is 239 cm³/mol. The minimum absolute atomic E-state index is 0.0515. The fraction of sp³-hybridized carbons (Fsp3) is 0.0556.